The van der Waals surface area contributed by atoms with E-state index in [9.17, 15) is 0 Å². The van der Waals surface area contributed by atoms with Crippen molar-refractivity contribution >= 4 is 5.69 Å². The van der Waals surface area contributed by atoms with Crippen LogP contribution in [-0.2, 0) is 0 Å². The lowest BCUT2D eigenvalue weighted by Crippen LogP contribution is -2.47. The zero-order chi connectivity index (χ0) is 17.8. The molecule has 3 aliphatic heterocycles. The predicted molar refractivity (Wildman–Crippen MR) is 107 cm³/mol. The van der Waals surface area contributed by atoms with Crippen LogP contribution < -0.4 is 9.64 Å². The van der Waals surface area contributed by atoms with Gasteiger partial charge in [-0.3, -0.25) is 14.7 Å². The highest BCUT2D eigenvalue weighted by molar-refractivity contribution is 5.58. The number of methoxy groups -OCH3 is 1. The maximum absolute atomic E-state index is 5.52. The van der Waals surface area contributed by atoms with Crippen LogP contribution in [-0.4, -0.2) is 86.9 Å². The summed E-state index contributed by atoms with van der Waals surface area (Å²) in [6.45, 7) is 10.9. The Labute approximate surface area is 158 Å². The van der Waals surface area contributed by atoms with Gasteiger partial charge in [0.05, 0.1) is 19.5 Å². The molecule has 3 aliphatic rings. The summed E-state index contributed by atoms with van der Waals surface area (Å²) in [7, 11) is 1.76. The van der Waals surface area contributed by atoms with Gasteiger partial charge in [0.15, 0.2) is 0 Å². The van der Waals surface area contributed by atoms with Gasteiger partial charge in [-0.05, 0) is 44.5 Å². The van der Waals surface area contributed by atoms with Crippen molar-refractivity contribution in [3.05, 3.63) is 24.3 Å². The number of anilines is 1. The first-order valence-corrected chi connectivity index (χ1v) is 10.4. The highest BCUT2D eigenvalue weighted by Crippen LogP contribution is 2.28. The summed E-state index contributed by atoms with van der Waals surface area (Å²) < 4.78 is 5.52. The number of fused-ring (bicyclic) bond motifs is 1. The van der Waals surface area contributed by atoms with Crippen LogP contribution >= 0.6 is 0 Å². The second-order valence-corrected chi connectivity index (χ2v) is 8.03. The Morgan fingerprint density at radius 2 is 1.77 bits per heavy atom. The number of para-hydroxylation sites is 2. The molecule has 0 amide bonds. The van der Waals surface area contributed by atoms with Gasteiger partial charge in [-0.25, -0.2) is 0 Å². The molecule has 0 bridgehead atoms. The van der Waals surface area contributed by atoms with Crippen molar-refractivity contribution in [3.63, 3.8) is 0 Å². The summed E-state index contributed by atoms with van der Waals surface area (Å²) in [6, 6.07) is 9.24. The van der Waals surface area contributed by atoms with Crippen molar-refractivity contribution in [1.29, 1.82) is 0 Å². The molecule has 0 radical (unpaired) electrons. The number of rotatable bonds is 6. The first-order chi connectivity index (χ1) is 12.8. The van der Waals surface area contributed by atoms with Gasteiger partial charge in [0.1, 0.15) is 5.75 Å². The Bertz CT molecular complexity index is 559. The van der Waals surface area contributed by atoms with E-state index in [1.54, 1.807) is 7.11 Å². The van der Waals surface area contributed by atoms with Crippen molar-refractivity contribution in [1.82, 2.24) is 14.7 Å². The monoisotopic (exact) mass is 358 g/mol. The Kier molecular flexibility index (Phi) is 5.98. The van der Waals surface area contributed by atoms with E-state index in [1.165, 1.54) is 64.2 Å². The number of hydrogen-bond donors (Lipinski definition) is 0. The number of piperidine rings is 1. The van der Waals surface area contributed by atoms with Crippen molar-refractivity contribution in [2.24, 2.45) is 0 Å². The maximum Gasteiger partial charge on any atom is 0.142 e. The first-order valence-electron chi connectivity index (χ1n) is 10.4. The van der Waals surface area contributed by atoms with Crippen molar-refractivity contribution in [3.8, 4) is 5.75 Å². The zero-order valence-corrected chi connectivity index (χ0v) is 16.3. The summed E-state index contributed by atoms with van der Waals surface area (Å²) in [5.74, 6) is 0.992. The third-order valence-electron chi connectivity index (χ3n) is 6.35. The Morgan fingerprint density at radius 3 is 2.58 bits per heavy atom. The van der Waals surface area contributed by atoms with E-state index in [1.807, 2.05) is 6.07 Å². The minimum Gasteiger partial charge on any atom is -0.495 e. The van der Waals surface area contributed by atoms with Crippen molar-refractivity contribution in [2.45, 2.75) is 31.7 Å². The van der Waals surface area contributed by atoms with Crippen LogP contribution in [0.1, 0.15) is 25.7 Å². The van der Waals surface area contributed by atoms with Crippen molar-refractivity contribution < 1.29 is 4.74 Å². The molecular formula is C21H34N4O. The molecule has 0 aliphatic carbocycles. The van der Waals surface area contributed by atoms with Gasteiger partial charge in [-0.1, -0.05) is 18.6 Å². The van der Waals surface area contributed by atoms with E-state index in [0.717, 1.165) is 38.0 Å². The Hall–Kier alpha value is -1.30. The second-order valence-electron chi connectivity index (χ2n) is 8.03. The molecule has 3 saturated heterocycles. The maximum atomic E-state index is 5.52. The molecule has 0 aromatic heterocycles. The van der Waals surface area contributed by atoms with Crippen LogP contribution in [0.25, 0.3) is 0 Å². The lowest BCUT2D eigenvalue weighted by Gasteiger charge is -2.36. The van der Waals surface area contributed by atoms with Gasteiger partial charge >= 0.3 is 0 Å². The van der Waals surface area contributed by atoms with Crippen LogP contribution in [0.5, 0.6) is 5.75 Å². The van der Waals surface area contributed by atoms with E-state index in [0.29, 0.717) is 0 Å². The lowest BCUT2D eigenvalue weighted by atomic mass is 10.0. The molecule has 1 aromatic carbocycles. The van der Waals surface area contributed by atoms with Crippen LogP contribution in [0.3, 0.4) is 0 Å². The fraction of sp³-hybridized carbons (Fsp3) is 0.714. The highest BCUT2D eigenvalue weighted by atomic mass is 16.5. The third kappa shape index (κ3) is 4.16. The first kappa shape index (κ1) is 18.1. The number of nitrogens with zero attached hydrogens (tertiary/aromatic N) is 4. The van der Waals surface area contributed by atoms with E-state index < -0.39 is 0 Å². The molecule has 3 heterocycles. The second kappa shape index (κ2) is 8.59. The molecule has 1 aromatic rings. The summed E-state index contributed by atoms with van der Waals surface area (Å²) in [5.41, 5.74) is 1.24. The molecule has 5 heteroatoms. The zero-order valence-electron chi connectivity index (χ0n) is 16.3. The summed E-state index contributed by atoms with van der Waals surface area (Å²) in [6.07, 6.45) is 5.56. The molecule has 144 valence electrons. The Morgan fingerprint density at radius 1 is 0.962 bits per heavy atom. The number of piperazine rings is 1. The molecular weight excluding hydrogens is 324 g/mol. The van der Waals surface area contributed by atoms with Gasteiger partial charge < -0.3 is 9.64 Å². The van der Waals surface area contributed by atoms with Gasteiger partial charge in [-0.2, -0.15) is 0 Å². The van der Waals surface area contributed by atoms with Gasteiger partial charge in [-0.15, -0.1) is 0 Å². The summed E-state index contributed by atoms with van der Waals surface area (Å²) in [5, 5.41) is 0. The fourth-order valence-electron chi connectivity index (χ4n) is 4.85. The van der Waals surface area contributed by atoms with Crippen LogP contribution in [0.15, 0.2) is 24.3 Å². The molecule has 1 unspecified atom stereocenters. The quantitative estimate of drug-likeness (QED) is 0.776. The predicted octanol–water partition coefficient (Wildman–Crippen LogP) is 2.33. The van der Waals surface area contributed by atoms with E-state index in [-0.39, 0.29) is 0 Å². The van der Waals surface area contributed by atoms with Crippen LogP contribution in [0.2, 0.25) is 0 Å². The Balaban J connectivity index is 1.18. The van der Waals surface area contributed by atoms with Crippen LogP contribution in [0, 0.1) is 0 Å². The van der Waals surface area contributed by atoms with Gasteiger partial charge in [0.25, 0.3) is 0 Å². The standard InChI is InChI=1S/C21H34N4O/c1-26-21-9-3-2-8-20(21)24-15-13-22(14-16-24)10-6-11-23-17-19-7-4-5-12-25(19)18-23/h2-3,8-9,19H,4-7,10-18H2,1H3. The molecule has 0 spiro atoms. The minimum absolute atomic E-state index is 0.855. The summed E-state index contributed by atoms with van der Waals surface area (Å²) >= 11 is 0. The SMILES string of the molecule is COc1ccccc1N1CCN(CCCN2CC3CCCCN3C2)CC1. The van der Waals surface area contributed by atoms with E-state index in [4.69, 9.17) is 4.74 Å². The normalized spacial score (nSPS) is 25.4. The number of benzene rings is 1. The topological polar surface area (TPSA) is 22.2 Å². The molecule has 0 saturated carbocycles. The van der Waals surface area contributed by atoms with Crippen molar-refractivity contribution in [2.75, 3.05) is 71.0 Å². The molecule has 4 rings (SSSR count). The average Bonchev–Trinajstić information content (AvgIpc) is 3.11. The van der Waals surface area contributed by atoms with Gasteiger partial charge in [0, 0.05) is 45.3 Å². The molecule has 26 heavy (non-hydrogen) atoms. The average molecular weight is 359 g/mol. The van der Waals surface area contributed by atoms with Gasteiger partial charge in [0.2, 0.25) is 0 Å². The van der Waals surface area contributed by atoms with E-state index in [2.05, 4.69) is 37.8 Å². The largest absolute Gasteiger partial charge is 0.495 e. The number of ether oxygens (including phenoxy) is 1. The molecule has 0 N–H and O–H groups in total. The molecule has 3 fully saturated rings. The highest BCUT2D eigenvalue weighted by Gasteiger charge is 2.31. The fourth-order valence-corrected chi connectivity index (χ4v) is 4.85. The third-order valence-corrected chi connectivity index (χ3v) is 6.35. The molecule has 5 nitrogen and oxygen atoms in total. The van der Waals surface area contributed by atoms with E-state index >= 15 is 0 Å². The van der Waals surface area contributed by atoms with Crippen LogP contribution in [0.4, 0.5) is 5.69 Å². The summed E-state index contributed by atoms with van der Waals surface area (Å²) in [4.78, 5) is 10.5. The lowest BCUT2D eigenvalue weighted by molar-refractivity contribution is 0.180. The number of hydrogen-bond acceptors (Lipinski definition) is 5. The molecule has 1 atom stereocenters. The minimum atomic E-state index is 0.855. The smallest absolute Gasteiger partial charge is 0.142 e.